The zero-order chi connectivity index (χ0) is 12.5. The van der Waals surface area contributed by atoms with Gasteiger partial charge in [0.05, 0.1) is 5.25 Å². The van der Waals surface area contributed by atoms with E-state index in [0.717, 1.165) is 31.0 Å². The second-order valence-corrected chi connectivity index (χ2v) is 7.86. The lowest BCUT2D eigenvalue weighted by atomic mass is 10.1. The van der Waals surface area contributed by atoms with Gasteiger partial charge in [0, 0.05) is 28.7 Å². The zero-order valence-corrected chi connectivity index (χ0v) is 12.2. The minimum atomic E-state index is 0.309. The molecule has 4 nitrogen and oxygen atoms in total. The molecule has 0 spiro atoms. The number of rotatable bonds is 2. The Morgan fingerprint density at radius 3 is 2.83 bits per heavy atom. The molecule has 0 aromatic carbocycles. The third kappa shape index (κ3) is 2.56. The number of hydrogen-bond acceptors (Lipinski definition) is 6. The van der Waals surface area contributed by atoms with Gasteiger partial charge in [-0.25, -0.2) is 0 Å². The van der Waals surface area contributed by atoms with Crippen LogP contribution in [0.3, 0.4) is 0 Å². The Bertz CT molecular complexity index is 412. The summed E-state index contributed by atoms with van der Waals surface area (Å²) in [6.07, 6.45) is 3.15. The second kappa shape index (κ2) is 5.43. The molecule has 4 atom stereocenters. The summed E-state index contributed by atoms with van der Waals surface area (Å²) in [6, 6.07) is 0.309. The van der Waals surface area contributed by atoms with E-state index in [-0.39, 0.29) is 0 Å². The molecular formula is C12H19N3OS2. The molecule has 0 radical (unpaired) electrons. The first kappa shape index (κ1) is 12.8. The van der Waals surface area contributed by atoms with Crippen LogP contribution >= 0.6 is 23.5 Å². The number of nitrogens with zero attached hydrogens (tertiary/aromatic N) is 2. The molecule has 1 aromatic rings. The molecule has 1 saturated carbocycles. The van der Waals surface area contributed by atoms with Gasteiger partial charge in [0.2, 0.25) is 5.89 Å². The molecule has 1 aliphatic heterocycles. The van der Waals surface area contributed by atoms with Crippen molar-refractivity contribution in [3.63, 3.8) is 0 Å². The number of thioether (sulfide) groups is 2. The molecule has 0 bridgehead atoms. The first-order valence-electron chi connectivity index (χ1n) is 6.56. The van der Waals surface area contributed by atoms with Crippen molar-refractivity contribution in [1.29, 1.82) is 0 Å². The van der Waals surface area contributed by atoms with Gasteiger partial charge in [-0.1, -0.05) is 12.1 Å². The molecule has 1 saturated heterocycles. The molecule has 2 fully saturated rings. The van der Waals surface area contributed by atoms with Gasteiger partial charge in [-0.2, -0.15) is 16.7 Å². The fraction of sp³-hybridized carbons (Fsp3) is 0.833. The fourth-order valence-electron chi connectivity index (χ4n) is 2.69. The van der Waals surface area contributed by atoms with Crippen LogP contribution in [0.1, 0.15) is 49.1 Å². The molecule has 4 unspecified atom stereocenters. The highest BCUT2D eigenvalue weighted by molar-refractivity contribution is 8.06. The van der Waals surface area contributed by atoms with Gasteiger partial charge in [-0.3, -0.25) is 0 Å². The Labute approximate surface area is 116 Å². The first-order chi connectivity index (χ1) is 8.74. The van der Waals surface area contributed by atoms with Crippen LogP contribution in [0.2, 0.25) is 0 Å². The average molecular weight is 285 g/mol. The summed E-state index contributed by atoms with van der Waals surface area (Å²) in [6.45, 7) is 2.25. The predicted molar refractivity (Wildman–Crippen MR) is 76.0 cm³/mol. The quantitative estimate of drug-likeness (QED) is 0.901. The van der Waals surface area contributed by atoms with E-state index in [9.17, 15) is 0 Å². The molecule has 1 aliphatic carbocycles. The predicted octanol–water partition coefficient (Wildman–Crippen LogP) is 2.57. The summed E-state index contributed by atoms with van der Waals surface area (Å²) >= 11 is 3.95. The summed E-state index contributed by atoms with van der Waals surface area (Å²) in [5.41, 5.74) is 5.94. The maximum Gasteiger partial charge on any atom is 0.229 e. The van der Waals surface area contributed by atoms with Crippen LogP contribution in [0.5, 0.6) is 0 Å². The van der Waals surface area contributed by atoms with Crippen molar-refractivity contribution in [2.75, 3.05) is 11.5 Å². The fourth-order valence-corrected chi connectivity index (χ4v) is 5.37. The Morgan fingerprint density at radius 1 is 1.28 bits per heavy atom. The minimum absolute atomic E-state index is 0.309. The molecular weight excluding hydrogens is 266 g/mol. The van der Waals surface area contributed by atoms with Gasteiger partial charge in [0.25, 0.3) is 0 Å². The number of nitrogens with two attached hydrogens (primary N) is 1. The third-order valence-corrected chi connectivity index (χ3v) is 6.81. The van der Waals surface area contributed by atoms with Crippen molar-refractivity contribution in [2.45, 2.75) is 48.6 Å². The molecule has 100 valence electrons. The van der Waals surface area contributed by atoms with E-state index < -0.39 is 0 Å². The minimum Gasteiger partial charge on any atom is -0.339 e. The maximum atomic E-state index is 5.94. The molecule has 0 amide bonds. The van der Waals surface area contributed by atoms with Crippen LogP contribution in [0, 0.1) is 0 Å². The van der Waals surface area contributed by atoms with Crippen molar-refractivity contribution in [2.24, 2.45) is 5.73 Å². The summed E-state index contributed by atoms with van der Waals surface area (Å²) < 4.78 is 5.46. The van der Waals surface area contributed by atoms with E-state index in [1.165, 1.54) is 11.5 Å². The lowest BCUT2D eigenvalue weighted by molar-refractivity contribution is 0.349. The lowest BCUT2D eigenvalue weighted by Crippen LogP contribution is -2.17. The van der Waals surface area contributed by atoms with Crippen LogP contribution in [-0.4, -0.2) is 32.9 Å². The maximum absolute atomic E-state index is 5.94. The van der Waals surface area contributed by atoms with E-state index in [1.807, 2.05) is 23.5 Å². The van der Waals surface area contributed by atoms with Crippen LogP contribution in [0.25, 0.3) is 0 Å². The lowest BCUT2D eigenvalue weighted by Gasteiger charge is -2.24. The Hall–Kier alpha value is -0.200. The van der Waals surface area contributed by atoms with Crippen LogP contribution in [-0.2, 0) is 0 Å². The molecule has 3 rings (SSSR count). The highest BCUT2D eigenvalue weighted by atomic mass is 32.2. The molecule has 2 heterocycles. The van der Waals surface area contributed by atoms with Crippen LogP contribution in [0.15, 0.2) is 4.52 Å². The summed E-state index contributed by atoms with van der Waals surface area (Å²) in [5.74, 6) is 4.48. The number of aromatic nitrogens is 2. The van der Waals surface area contributed by atoms with E-state index in [2.05, 4.69) is 17.1 Å². The average Bonchev–Trinajstić information content (AvgIpc) is 2.98. The van der Waals surface area contributed by atoms with E-state index in [1.54, 1.807) is 0 Å². The monoisotopic (exact) mass is 285 g/mol. The topological polar surface area (TPSA) is 64.9 Å². The van der Waals surface area contributed by atoms with E-state index in [0.29, 0.717) is 22.5 Å². The van der Waals surface area contributed by atoms with Gasteiger partial charge < -0.3 is 10.3 Å². The molecule has 6 heteroatoms. The first-order valence-corrected chi connectivity index (χ1v) is 8.66. The molecule has 1 aromatic heterocycles. The van der Waals surface area contributed by atoms with Gasteiger partial charge >= 0.3 is 0 Å². The summed E-state index contributed by atoms with van der Waals surface area (Å²) in [5, 5.41) is 5.15. The molecule has 18 heavy (non-hydrogen) atoms. The van der Waals surface area contributed by atoms with Crippen molar-refractivity contribution < 1.29 is 4.52 Å². The van der Waals surface area contributed by atoms with Gasteiger partial charge in [-0.05, 0) is 19.3 Å². The standard InChI is InChI=1S/C12H19N3OS2/c1-7-10(18-5-4-17-7)11-14-12(16-15-11)8-2-3-9(13)6-8/h7-10H,2-6,13H2,1H3. The normalized spacial score (nSPS) is 37.0. The van der Waals surface area contributed by atoms with Gasteiger partial charge in [0.15, 0.2) is 5.82 Å². The van der Waals surface area contributed by atoms with E-state index >= 15 is 0 Å². The Morgan fingerprint density at radius 2 is 2.11 bits per heavy atom. The highest BCUT2D eigenvalue weighted by Crippen LogP contribution is 2.42. The highest BCUT2D eigenvalue weighted by Gasteiger charge is 2.32. The Kier molecular flexibility index (Phi) is 3.86. The second-order valence-electron chi connectivity index (χ2n) is 5.13. The van der Waals surface area contributed by atoms with E-state index in [4.69, 9.17) is 10.3 Å². The Balaban J connectivity index is 1.72. The summed E-state index contributed by atoms with van der Waals surface area (Å²) in [7, 11) is 0. The number of hydrogen-bond donors (Lipinski definition) is 1. The SMILES string of the molecule is CC1SCCSC1c1noc(C2CCC(N)C2)n1. The third-order valence-electron chi connectivity index (χ3n) is 3.72. The van der Waals surface area contributed by atoms with Crippen molar-refractivity contribution in [3.8, 4) is 0 Å². The van der Waals surface area contributed by atoms with Gasteiger partial charge in [0.1, 0.15) is 0 Å². The van der Waals surface area contributed by atoms with Gasteiger partial charge in [-0.15, -0.1) is 11.8 Å². The largest absolute Gasteiger partial charge is 0.339 e. The van der Waals surface area contributed by atoms with Crippen LogP contribution in [0.4, 0.5) is 0 Å². The summed E-state index contributed by atoms with van der Waals surface area (Å²) in [4.78, 5) is 4.63. The molecule has 2 N–H and O–H groups in total. The molecule has 2 aliphatic rings. The zero-order valence-electron chi connectivity index (χ0n) is 10.5. The van der Waals surface area contributed by atoms with Crippen molar-refractivity contribution >= 4 is 23.5 Å². The van der Waals surface area contributed by atoms with Crippen LogP contribution < -0.4 is 5.73 Å². The smallest absolute Gasteiger partial charge is 0.229 e. The van der Waals surface area contributed by atoms with Crippen molar-refractivity contribution in [3.05, 3.63) is 11.7 Å². The van der Waals surface area contributed by atoms with Crippen molar-refractivity contribution in [1.82, 2.24) is 10.1 Å².